The second-order valence-corrected chi connectivity index (χ2v) is 6.59. The molecule has 27 heavy (non-hydrogen) atoms. The van der Waals surface area contributed by atoms with Crippen molar-refractivity contribution in [1.82, 2.24) is 9.88 Å². The molecule has 4 rings (SSSR count). The van der Waals surface area contributed by atoms with Crippen LogP contribution in [0.15, 0.2) is 51.8 Å². The van der Waals surface area contributed by atoms with Crippen LogP contribution in [-0.4, -0.2) is 34.0 Å². The predicted molar refractivity (Wildman–Crippen MR) is 101 cm³/mol. The summed E-state index contributed by atoms with van der Waals surface area (Å²) in [5, 5.41) is 9.69. The molecule has 1 amide bonds. The fourth-order valence-electron chi connectivity index (χ4n) is 3.60. The van der Waals surface area contributed by atoms with Gasteiger partial charge in [-0.25, -0.2) is 0 Å². The number of aliphatic hydroxyl groups excluding tert-OH is 1. The summed E-state index contributed by atoms with van der Waals surface area (Å²) in [7, 11) is 0. The minimum absolute atomic E-state index is 0.0434. The molecule has 1 aliphatic heterocycles. The lowest BCUT2D eigenvalue weighted by Crippen LogP contribution is -2.31. The molecular weight excluding hydrogens is 344 g/mol. The quantitative estimate of drug-likeness (QED) is 0.752. The number of rotatable bonds is 5. The first-order valence-electron chi connectivity index (χ1n) is 9.08. The highest BCUT2D eigenvalue weighted by molar-refractivity contribution is 5.99. The normalized spacial score (nSPS) is 16.1. The van der Waals surface area contributed by atoms with Crippen LogP contribution in [-0.2, 0) is 6.42 Å². The van der Waals surface area contributed by atoms with Crippen LogP contribution in [0.2, 0.25) is 0 Å². The zero-order chi connectivity index (χ0) is 19.0. The number of fused-ring (bicyclic) bond motifs is 2. The fraction of sp³-hybridized carbons (Fsp3) is 0.286. The van der Waals surface area contributed by atoms with E-state index < -0.39 is 6.04 Å². The summed E-state index contributed by atoms with van der Waals surface area (Å²) in [4.78, 5) is 32.2. The number of aryl methyl sites for hydroxylation is 1. The molecule has 0 fully saturated rings. The van der Waals surface area contributed by atoms with Crippen LogP contribution in [0.25, 0.3) is 11.0 Å². The maximum absolute atomic E-state index is 13.3. The zero-order valence-electron chi connectivity index (χ0n) is 15.0. The topological polar surface area (TPSA) is 83.6 Å². The highest BCUT2D eigenvalue weighted by Crippen LogP contribution is 2.37. The third-order valence-corrected chi connectivity index (χ3v) is 4.96. The molecule has 6 heteroatoms. The molecule has 1 N–H and O–H groups in total. The average molecular weight is 364 g/mol. The van der Waals surface area contributed by atoms with Gasteiger partial charge in [0, 0.05) is 19.3 Å². The molecule has 1 aromatic carbocycles. The third-order valence-electron chi connectivity index (χ3n) is 4.96. The van der Waals surface area contributed by atoms with E-state index in [1.54, 1.807) is 29.3 Å². The highest BCUT2D eigenvalue weighted by Gasteiger charge is 2.43. The van der Waals surface area contributed by atoms with Gasteiger partial charge in [-0.1, -0.05) is 19.1 Å². The minimum atomic E-state index is -0.605. The number of pyridine rings is 1. The van der Waals surface area contributed by atoms with Gasteiger partial charge in [0.25, 0.3) is 5.91 Å². The Kier molecular flexibility index (Phi) is 4.49. The number of hydrogen-bond acceptors (Lipinski definition) is 5. The summed E-state index contributed by atoms with van der Waals surface area (Å²) < 4.78 is 5.88. The molecule has 0 saturated carbocycles. The lowest BCUT2D eigenvalue weighted by Gasteiger charge is -2.23. The van der Waals surface area contributed by atoms with E-state index in [-0.39, 0.29) is 23.7 Å². The maximum Gasteiger partial charge on any atom is 0.290 e. The summed E-state index contributed by atoms with van der Waals surface area (Å²) in [5.74, 6) is -0.266. The van der Waals surface area contributed by atoms with Gasteiger partial charge < -0.3 is 14.4 Å². The van der Waals surface area contributed by atoms with Crippen LogP contribution >= 0.6 is 0 Å². The first-order valence-corrected chi connectivity index (χ1v) is 9.08. The lowest BCUT2D eigenvalue weighted by atomic mass is 10.0. The molecule has 0 aliphatic carbocycles. The van der Waals surface area contributed by atoms with Crippen molar-refractivity contribution < 1.29 is 14.3 Å². The van der Waals surface area contributed by atoms with E-state index in [1.807, 2.05) is 25.1 Å². The Labute approximate surface area is 156 Å². The highest BCUT2D eigenvalue weighted by atomic mass is 16.3. The van der Waals surface area contributed by atoms with Crippen molar-refractivity contribution in [3.05, 3.63) is 75.4 Å². The summed E-state index contributed by atoms with van der Waals surface area (Å²) >= 11 is 0. The average Bonchev–Trinajstić information content (AvgIpc) is 2.99. The van der Waals surface area contributed by atoms with E-state index >= 15 is 0 Å². The number of benzene rings is 1. The van der Waals surface area contributed by atoms with Gasteiger partial charge in [0.05, 0.1) is 16.6 Å². The van der Waals surface area contributed by atoms with Crippen LogP contribution in [0.5, 0.6) is 0 Å². The molecule has 1 aliphatic rings. The van der Waals surface area contributed by atoms with Gasteiger partial charge in [-0.3, -0.25) is 14.6 Å². The minimum Gasteiger partial charge on any atom is -0.450 e. The van der Waals surface area contributed by atoms with Gasteiger partial charge in [-0.2, -0.15) is 0 Å². The van der Waals surface area contributed by atoms with Crippen molar-refractivity contribution in [2.45, 2.75) is 25.8 Å². The molecule has 2 aromatic heterocycles. The lowest BCUT2D eigenvalue weighted by molar-refractivity contribution is 0.0714. The van der Waals surface area contributed by atoms with Gasteiger partial charge in [0.1, 0.15) is 11.6 Å². The van der Waals surface area contributed by atoms with E-state index in [4.69, 9.17) is 4.42 Å². The standard InChI is InChI=1S/C21H20N2O4/c1-2-13-7-8-16-14(12-13)19(25)17-18(15-6-3-4-9-22-15)23(10-5-11-24)21(26)20(17)27-16/h3-4,6-9,12,18,24H,2,5,10-11H2,1H3. The molecule has 1 unspecified atom stereocenters. The zero-order valence-corrected chi connectivity index (χ0v) is 15.0. The second kappa shape index (κ2) is 6.96. The van der Waals surface area contributed by atoms with E-state index in [0.717, 1.165) is 12.0 Å². The third kappa shape index (κ3) is 2.82. The SMILES string of the molecule is CCc1ccc2oc3c(c(=O)c2c1)C(c1ccccn1)N(CCCO)C3=O. The van der Waals surface area contributed by atoms with E-state index in [2.05, 4.69) is 4.98 Å². The molecular formula is C21H20N2O4. The fourth-order valence-corrected chi connectivity index (χ4v) is 3.60. The molecule has 0 bridgehead atoms. The van der Waals surface area contributed by atoms with Gasteiger partial charge >= 0.3 is 0 Å². The van der Waals surface area contributed by atoms with Crippen molar-refractivity contribution in [3.63, 3.8) is 0 Å². The molecule has 3 heterocycles. The summed E-state index contributed by atoms with van der Waals surface area (Å²) in [6, 6.07) is 10.3. The van der Waals surface area contributed by atoms with Crippen LogP contribution in [0.3, 0.4) is 0 Å². The molecule has 0 spiro atoms. The predicted octanol–water partition coefficient (Wildman–Crippen LogP) is 2.68. The number of carbonyl (C=O) groups is 1. The smallest absolute Gasteiger partial charge is 0.290 e. The monoisotopic (exact) mass is 364 g/mol. The van der Waals surface area contributed by atoms with E-state index in [0.29, 0.717) is 35.2 Å². The first-order chi connectivity index (χ1) is 13.2. The van der Waals surface area contributed by atoms with Gasteiger partial charge in [0.2, 0.25) is 5.76 Å². The second-order valence-electron chi connectivity index (χ2n) is 6.59. The number of nitrogens with zero attached hydrogens (tertiary/aromatic N) is 2. The Morgan fingerprint density at radius 1 is 1.22 bits per heavy atom. The Morgan fingerprint density at radius 3 is 2.78 bits per heavy atom. The first kappa shape index (κ1) is 17.4. The van der Waals surface area contributed by atoms with Crippen molar-refractivity contribution in [3.8, 4) is 0 Å². The largest absolute Gasteiger partial charge is 0.450 e. The number of aliphatic hydroxyl groups is 1. The van der Waals surface area contributed by atoms with E-state index in [1.165, 1.54) is 0 Å². The van der Waals surface area contributed by atoms with Gasteiger partial charge in [-0.15, -0.1) is 0 Å². The Morgan fingerprint density at radius 2 is 2.07 bits per heavy atom. The van der Waals surface area contributed by atoms with Crippen LogP contribution < -0.4 is 5.43 Å². The van der Waals surface area contributed by atoms with Crippen molar-refractivity contribution >= 4 is 16.9 Å². The Hall–Kier alpha value is -2.99. The number of amides is 1. The summed E-state index contributed by atoms with van der Waals surface area (Å²) in [6.45, 7) is 2.29. The van der Waals surface area contributed by atoms with Crippen molar-refractivity contribution in [2.75, 3.05) is 13.2 Å². The molecule has 0 radical (unpaired) electrons. The van der Waals surface area contributed by atoms with Gasteiger partial charge in [0.15, 0.2) is 5.43 Å². The molecule has 3 aromatic rings. The summed E-state index contributed by atoms with van der Waals surface area (Å²) in [6.07, 6.45) is 2.86. The maximum atomic E-state index is 13.3. The number of carbonyl (C=O) groups excluding carboxylic acids is 1. The van der Waals surface area contributed by atoms with Crippen LogP contribution in [0.1, 0.15) is 46.8 Å². The number of aromatic nitrogens is 1. The van der Waals surface area contributed by atoms with Crippen molar-refractivity contribution in [1.29, 1.82) is 0 Å². The van der Waals surface area contributed by atoms with Crippen molar-refractivity contribution in [2.24, 2.45) is 0 Å². The molecule has 6 nitrogen and oxygen atoms in total. The van der Waals surface area contributed by atoms with E-state index in [9.17, 15) is 14.7 Å². The Balaban J connectivity index is 1.97. The molecule has 1 atom stereocenters. The molecule has 0 saturated heterocycles. The molecule has 138 valence electrons. The number of hydrogen-bond donors (Lipinski definition) is 1. The van der Waals surface area contributed by atoms with Gasteiger partial charge in [-0.05, 0) is 42.7 Å². The Bertz CT molecular complexity index is 1060. The summed E-state index contributed by atoms with van der Waals surface area (Å²) in [5.41, 5.74) is 2.19. The van der Waals surface area contributed by atoms with Crippen LogP contribution in [0, 0.1) is 0 Å². The van der Waals surface area contributed by atoms with Crippen LogP contribution in [0.4, 0.5) is 0 Å².